The third-order valence-electron chi connectivity index (χ3n) is 4.44. The fraction of sp³-hybridized carbons (Fsp3) is 0.588. The summed E-state index contributed by atoms with van der Waals surface area (Å²) in [6.07, 6.45) is 3.14. The fourth-order valence-corrected chi connectivity index (χ4v) is 3.01. The Morgan fingerprint density at radius 3 is 2.43 bits per heavy atom. The molecule has 1 aromatic carbocycles. The van der Waals surface area contributed by atoms with Crippen LogP contribution in [0.4, 0.5) is 0 Å². The molecule has 0 unspecified atom stereocenters. The number of carboxylic acids is 1. The van der Waals surface area contributed by atoms with Gasteiger partial charge in [-0.3, -0.25) is 9.69 Å². The average molecular weight is 343 g/mol. The number of piperidine rings is 1. The summed E-state index contributed by atoms with van der Waals surface area (Å²) in [6.45, 7) is 3.29. The highest BCUT2D eigenvalue weighted by Gasteiger charge is 2.23. The molecule has 0 saturated carbocycles. The minimum absolute atomic E-state index is 0. The van der Waals surface area contributed by atoms with Gasteiger partial charge in [0.2, 0.25) is 0 Å². The maximum absolute atomic E-state index is 10.8. The lowest BCUT2D eigenvalue weighted by atomic mass is 10.0. The van der Waals surface area contributed by atoms with Crippen molar-refractivity contribution in [1.82, 2.24) is 9.80 Å². The van der Waals surface area contributed by atoms with E-state index in [0.717, 1.165) is 44.6 Å². The number of nitrogens with zero attached hydrogens (tertiary/aromatic N) is 2. The van der Waals surface area contributed by atoms with E-state index in [0.29, 0.717) is 6.04 Å². The molecule has 1 N–H and O–H groups in total. The van der Waals surface area contributed by atoms with Crippen LogP contribution in [-0.2, 0) is 11.2 Å². The van der Waals surface area contributed by atoms with Gasteiger partial charge < -0.3 is 14.7 Å². The average Bonchev–Trinajstić information content (AvgIpc) is 2.53. The number of likely N-dealkylation sites (N-methyl/N-ethyl adjacent to an activating group) is 1. The maximum atomic E-state index is 10.8. The van der Waals surface area contributed by atoms with Crippen LogP contribution in [0, 0.1) is 0 Å². The van der Waals surface area contributed by atoms with Crippen LogP contribution >= 0.6 is 12.4 Å². The van der Waals surface area contributed by atoms with Crippen LogP contribution in [0.2, 0.25) is 0 Å². The molecule has 1 saturated heterocycles. The third kappa shape index (κ3) is 6.37. The molecule has 0 spiro atoms. The summed E-state index contributed by atoms with van der Waals surface area (Å²) in [7, 11) is 3.59. The van der Waals surface area contributed by atoms with Gasteiger partial charge in [0.15, 0.2) is 0 Å². The number of aliphatic carboxylic acids is 1. The van der Waals surface area contributed by atoms with E-state index in [1.807, 2.05) is 24.1 Å². The molecule has 1 heterocycles. The van der Waals surface area contributed by atoms with E-state index in [-0.39, 0.29) is 19.0 Å². The SMILES string of the molecule is COc1ccc(CCN2CCC(N(C)CC(=O)O)CC2)cc1.Cl. The number of likely N-dealkylation sites (tertiary alicyclic amines) is 1. The quantitative estimate of drug-likeness (QED) is 0.822. The molecule has 0 bridgehead atoms. The molecule has 23 heavy (non-hydrogen) atoms. The number of halogens is 1. The predicted molar refractivity (Wildman–Crippen MR) is 93.7 cm³/mol. The van der Waals surface area contributed by atoms with E-state index in [1.54, 1.807) is 7.11 Å². The van der Waals surface area contributed by atoms with Crippen LogP contribution in [0.5, 0.6) is 5.75 Å². The highest BCUT2D eigenvalue weighted by molar-refractivity contribution is 5.85. The molecule has 1 aliphatic heterocycles. The van der Waals surface area contributed by atoms with Crippen molar-refractivity contribution in [3.05, 3.63) is 29.8 Å². The molecule has 1 fully saturated rings. The van der Waals surface area contributed by atoms with Crippen molar-refractivity contribution in [1.29, 1.82) is 0 Å². The van der Waals surface area contributed by atoms with E-state index < -0.39 is 5.97 Å². The van der Waals surface area contributed by atoms with Crippen molar-refractivity contribution in [2.45, 2.75) is 25.3 Å². The van der Waals surface area contributed by atoms with Crippen molar-refractivity contribution in [3.8, 4) is 5.75 Å². The summed E-state index contributed by atoms with van der Waals surface area (Å²) >= 11 is 0. The molecule has 0 aliphatic carbocycles. The Morgan fingerprint density at radius 1 is 1.30 bits per heavy atom. The number of hydrogen-bond donors (Lipinski definition) is 1. The second kappa shape index (κ2) is 9.75. The Morgan fingerprint density at radius 2 is 1.91 bits per heavy atom. The second-order valence-electron chi connectivity index (χ2n) is 5.98. The molecule has 0 aromatic heterocycles. The number of hydrogen-bond acceptors (Lipinski definition) is 4. The summed E-state index contributed by atoms with van der Waals surface area (Å²) in [4.78, 5) is 15.2. The molecule has 2 rings (SSSR count). The van der Waals surface area contributed by atoms with Crippen molar-refractivity contribution in [3.63, 3.8) is 0 Å². The zero-order valence-corrected chi connectivity index (χ0v) is 14.7. The molecular formula is C17H27ClN2O3. The second-order valence-corrected chi connectivity index (χ2v) is 5.98. The van der Waals surface area contributed by atoms with Crippen LogP contribution in [0.15, 0.2) is 24.3 Å². The summed E-state index contributed by atoms with van der Waals surface area (Å²) < 4.78 is 5.17. The van der Waals surface area contributed by atoms with Gasteiger partial charge >= 0.3 is 5.97 Å². The molecule has 0 amide bonds. The lowest BCUT2D eigenvalue weighted by molar-refractivity contribution is -0.138. The summed E-state index contributed by atoms with van der Waals surface area (Å²) in [5.74, 6) is 0.149. The van der Waals surface area contributed by atoms with Crippen molar-refractivity contribution < 1.29 is 14.6 Å². The first-order valence-corrected chi connectivity index (χ1v) is 7.86. The standard InChI is InChI=1S/C17H26N2O3.ClH/c1-18(13-17(20)21)15-8-11-19(12-9-15)10-7-14-3-5-16(22-2)6-4-14;/h3-6,15H,7-13H2,1-2H3,(H,20,21);1H. The van der Waals surface area contributed by atoms with Gasteiger partial charge in [0, 0.05) is 12.6 Å². The lowest BCUT2D eigenvalue weighted by Gasteiger charge is -2.36. The van der Waals surface area contributed by atoms with Gasteiger partial charge in [0.1, 0.15) is 5.75 Å². The van der Waals surface area contributed by atoms with Gasteiger partial charge in [-0.25, -0.2) is 0 Å². The fourth-order valence-electron chi connectivity index (χ4n) is 3.01. The number of methoxy groups -OCH3 is 1. The van der Waals surface area contributed by atoms with E-state index >= 15 is 0 Å². The Labute approximate surface area is 144 Å². The van der Waals surface area contributed by atoms with E-state index in [4.69, 9.17) is 9.84 Å². The largest absolute Gasteiger partial charge is 0.497 e. The molecule has 130 valence electrons. The highest BCUT2D eigenvalue weighted by Crippen LogP contribution is 2.16. The van der Waals surface area contributed by atoms with Crippen LogP contribution in [0.1, 0.15) is 18.4 Å². The van der Waals surface area contributed by atoms with Gasteiger partial charge in [-0.15, -0.1) is 12.4 Å². The normalized spacial score (nSPS) is 16.1. The zero-order chi connectivity index (χ0) is 15.9. The van der Waals surface area contributed by atoms with Gasteiger partial charge in [0.05, 0.1) is 13.7 Å². The van der Waals surface area contributed by atoms with Gasteiger partial charge in [-0.2, -0.15) is 0 Å². The van der Waals surface area contributed by atoms with Crippen molar-refractivity contribution in [2.24, 2.45) is 0 Å². The number of ether oxygens (including phenoxy) is 1. The van der Waals surface area contributed by atoms with Gasteiger partial charge in [-0.1, -0.05) is 12.1 Å². The Hall–Kier alpha value is -1.30. The first-order valence-electron chi connectivity index (χ1n) is 7.86. The van der Waals surface area contributed by atoms with Gasteiger partial charge in [0.25, 0.3) is 0 Å². The molecular weight excluding hydrogens is 316 g/mol. The highest BCUT2D eigenvalue weighted by atomic mass is 35.5. The predicted octanol–water partition coefficient (Wildman–Crippen LogP) is 2.14. The monoisotopic (exact) mass is 342 g/mol. The molecule has 5 nitrogen and oxygen atoms in total. The molecule has 0 radical (unpaired) electrons. The van der Waals surface area contributed by atoms with Crippen molar-refractivity contribution in [2.75, 3.05) is 40.3 Å². The summed E-state index contributed by atoms with van der Waals surface area (Å²) in [5.41, 5.74) is 1.32. The number of carboxylic acid groups (broad SMARTS) is 1. The maximum Gasteiger partial charge on any atom is 0.317 e. The Balaban J connectivity index is 0.00000264. The smallest absolute Gasteiger partial charge is 0.317 e. The Bertz CT molecular complexity index is 473. The number of benzene rings is 1. The van der Waals surface area contributed by atoms with Crippen LogP contribution < -0.4 is 4.74 Å². The topological polar surface area (TPSA) is 53.0 Å². The van der Waals surface area contributed by atoms with E-state index in [9.17, 15) is 4.79 Å². The van der Waals surface area contributed by atoms with Crippen molar-refractivity contribution >= 4 is 18.4 Å². The van der Waals surface area contributed by atoms with E-state index in [1.165, 1.54) is 5.56 Å². The first kappa shape index (κ1) is 19.7. The molecule has 6 heteroatoms. The summed E-state index contributed by atoms with van der Waals surface area (Å²) in [5, 5.41) is 8.85. The first-order chi connectivity index (χ1) is 10.6. The Kier molecular flexibility index (Phi) is 8.37. The minimum Gasteiger partial charge on any atom is -0.497 e. The number of rotatable bonds is 7. The zero-order valence-electron chi connectivity index (χ0n) is 13.9. The molecule has 0 atom stereocenters. The molecule has 1 aromatic rings. The van der Waals surface area contributed by atoms with E-state index in [2.05, 4.69) is 17.0 Å². The van der Waals surface area contributed by atoms with Gasteiger partial charge in [-0.05, 0) is 57.1 Å². The van der Waals surface area contributed by atoms with Crippen LogP contribution in [-0.4, -0.2) is 67.3 Å². The number of carbonyl (C=O) groups is 1. The third-order valence-corrected chi connectivity index (χ3v) is 4.44. The van der Waals surface area contributed by atoms with Crippen LogP contribution in [0.3, 0.4) is 0 Å². The summed E-state index contributed by atoms with van der Waals surface area (Å²) in [6, 6.07) is 8.64. The minimum atomic E-state index is -0.746. The lowest BCUT2D eigenvalue weighted by Crippen LogP contribution is -2.45. The molecule has 1 aliphatic rings. The van der Waals surface area contributed by atoms with Crippen LogP contribution in [0.25, 0.3) is 0 Å².